The number of rotatable bonds is 8. The molecule has 104 valence electrons. The number of hydrogen-bond donors (Lipinski definition) is 0. The molecule has 0 aliphatic carbocycles. The van der Waals surface area contributed by atoms with Crippen molar-refractivity contribution in [1.29, 1.82) is 0 Å². The Morgan fingerprint density at radius 3 is 1.82 bits per heavy atom. The molecule has 1 aliphatic heterocycles. The van der Waals surface area contributed by atoms with Crippen molar-refractivity contribution in [3.63, 3.8) is 0 Å². The van der Waals surface area contributed by atoms with Gasteiger partial charge in [0.05, 0.1) is 6.17 Å². The lowest BCUT2D eigenvalue weighted by atomic mass is 10.1. The van der Waals surface area contributed by atoms with E-state index in [1.807, 2.05) is 0 Å². The van der Waals surface area contributed by atoms with Gasteiger partial charge >= 0.3 is 0 Å². The van der Waals surface area contributed by atoms with E-state index in [1.165, 1.54) is 64.5 Å². The van der Waals surface area contributed by atoms with Gasteiger partial charge in [0.2, 0.25) is 0 Å². The summed E-state index contributed by atoms with van der Waals surface area (Å²) in [5, 5.41) is 0. The molecule has 3 heteroatoms. The van der Waals surface area contributed by atoms with Gasteiger partial charge in [-0.1, -0.05) is 51.9 Å². The van der Waals surface area contributed by atoms with Crippen LogP contribution in [0.5, 0.6) is 0 Å². The largest absolute Gasteiger partial charge is 0.290 e. The van der Waals surface area contributed by atoms with E-state index in [9.17, 15) is 0 Å². The van der Waals surface area contributed by atoms with Gasteiger partial charge in [0.15, 0.2) is 0 Å². The van der Waals surface area contributed by atoms with E-state index in [1.54, 1.807) is 0 Å². The Morgan fingerprint density at radius 2 is 1.29 bits per heavy atom. The molecule has 0 unspecified atom stereocenters. The van der Waals surface area contributed by atoms with E-state index < -0.39 is 0 Å². The average molecular weight is 354 g/mol. The van der Waals surface area contributed by atoms with E-state index in [4.69, 9.17) is 0 Å². The zero-order valence-corrected chi connectivity index (χ0v) is 14.3. The second-order valence-electron chi connectivity index (χ2n) is 5.35. The van der Waals surface area contributed by atoms with E-state index >= 15 is 0 Å². The first-order valence-corrected chi connectivity index (χ1v) is 7.16. The molecule has 1 aliphatic rings. The molecule has 1 fully saturated rings. The van der Waals surface area contributed by atoms with Gasteiger partial charge in [-0.3, -0.25) is 9.80 Å². The Balaban J connectivity index is 0.00000256. The van der Waals surface area contributed by atoms with Gasteiger partial charge in [-0.15, -0.1) is 24.0 Å². The summed E-state index contributed by atoms with van der Waals surface area (Å²) in [4.78, 5) is 4.99. The monoisotopic (exact) mass is 354 g/mol. The molecule has 1 saturated heterocycles. The maximum Gasteiger partial charge on any atom is 0.0618 e. The van der Waals surface area contributed by atoms with Crippen LogP contribution in [0.1, 0.15) is 58.3 Å². The topological polar surface area (TPSA) is 6.48 Å². The fourth-order valence-electron chi connectivity index (χ4n) is 2.67. The molecule has 17 heavy (non-hydrogen) atoms. The molecule has 1 heterocycles. The maximum absolute atomic E-state index is 2.50. The molecule has 0 bridgehead atoms. The molecule has 0 radical (unpaired) electrons. The van der Waals surface area contributed by atoms with Gasteiger partial charge in [-0.25, -0.2) is 0 Å². The highest BCUT2D eigenvalue weighted by Crippen LogP contribution is 2.17. The molecule has 0 aromatic carbocycles. The second kappa shape index (κ2) is 10.6. The number of unbranched alkanes of at least 4 members (excludes halogenated alkanes) is 6. The maximum atomic E-state index is 2.50. The van der Waals surface area contributed by atoms with Crippen molar-refractivity contribution in [2.45, 2.75) is 64.5 Å². The standard InChI is InChI=1S/C14H30N2.HI/c1-4-5-6-7-8-9-10-11-14-15(2)12-13-16(14)3;/h14H,4-13H2,1-3H3;1H. The first kappa shape index (κ1) is 17.6. The SMILES string of the molecule is CCCCCCCCCC1N(C)CCN1C.I. The summed E-state index contributed by atoms with van der Waals surface area (Å²) in [5.41, 5.74) is 0. The molecule has 0 amide bonds. The minimum absolute atomic E-state index is 0. The van der Waals surface area contributed by atoms with E-state index in [0.29, 0.717) is 0 Å². The predicted octanol–water partition coefficient (Wildman–Crippen LogP) is 3.95. The quantitative estimate of drug-likeness (QED) is 0.481. The molecule has 0 atom stereocenters. The molecular weight excluding hydrogens is 323 g/mol. The summed E-state index contributed by atoms with van der Waals surface area (Å²) in [6, 6.07) is 0. The fourth-order valence-corrected chi connectivity index (χ4v) is 2.67. The third-order valence-electron chi connectivity index (χ3n) is 3.89. The van der Waals surface area contributed by atoms with E-state index in [2.05, 4.69) is 30.8 Å². The number of hydrogen-bond acceptors (Lipinski definition) is 2. The smallest absolute Gasteiger partial charge is 0.0618 e. The Bertz CT molecular complexity index is 166. The van der Waals surface area contributed by atoms with Crippen molar-refractivity contribution in [1.82, 2.24) is 9.80 Å². The number of likely N-dealkylation sites (N-methyl/N-ethyl adjacent to an activating group) is 2. The lowest BCUT2D eigenvalue weighted by Gasteiger charge is -2.24. The Labute approximate surface area is 125 Å². The van der Waals surface area contributed by atoms with Crippen LogP contribution in [0.15, 0.2) is 0 Å². The summed E-state index contributed by atoms with van der Waals surface area (Å²) in [5.74, 6) is 0. The summed E-state index contributed by atoms with van der Waals surface area (Å²) < 4.78 is 0. The Kier molecular flexibility index (Phi) is 11.0. The van der Waals surface area contributed by atoms with Crippen molar-refractivity contribution in [3.05, 3.63) is 0 Å². The van der Waals surface area contributed by atoms with Crippen LogP contribution >= 0.6 is 24.0 Å². The zero-order valence-electron chi connectivity index (χ0n) is 12.0. The van der Waals surface area contributed by atoms with Crippen LogP contribution < -0.4 is 0 Å². The minimum atomic E-state index is 0. The third-order valence-corrected chi connectivity index (χ3v) is 3.89. The van der Waals surface area contributed by atoms with Crippen molar-refractivity contribution in [2.24, 2.45) is 0 Å². The first-order chi connectivity index (χ1) is 7.75. The van der Waals surface area contributed by atoms with Crippen molar-refractivity contribution < 1.29 is 0 Å². The molecule has 0 spiro atoms. The van der Waals surface area contributed by atoms with Gasteiger partial charge in [0, 0.05) is 13.1 Å². The average Bonchev–Trinajstić information content (AvgIpc) is 2.59. The van der Waals surface area contributed by atoms with E-state index in [0.717, 1.165) is 6.17 Å². The number of halogens is 1. The molecule has 2 nitrogen and oxygen atoms in total. The lowest BCUT2D eigenvalue weighted by molar-refractivity contribution is 0.171. The van der Waals surface area contributed by atoms with Crippen LogP contribution in [0.4, 0.5) is 0 Å². The van der Waals surface area contributed by atoms with Crippen molar-refractivity contribution in [3.8, 4) is 0 Å². The number of nitrogens with zero attached hydrogens (tertiary/aromatic N) is 2. The summed E-state index contributed by atoms with van der Waals surface area (Å²) in [7, 11) is 4.52. The highest BCUT2D eigenvalue weighted by atomic mass is 127. The predicted molar refractivity (Wildman–Crippen MR) is 87.1 cm³/mol. The first-order valence-electron chi connectivity index (χ1n) is 7.16. The van der Waals surface area contributed by atoms with Gasteiger partial charge in [-0.05, 0) is 20.5 Å². The molecule has 1 rings (SSSR count). The van der Waals surface area contributed by atoms with Crippen LogP contribution in [0.2, 0.25) is 0 Å². The third kappa shape index (κ3) is 6.97. The van der Waals surface area contributed by atoms with Gasteiger partial charge < -0.3 is 0 Å². The molecule has 0 aromatic heterocycles. The second-order valence-corrected chi connectivity index (χ2v) is 5.35. The summed E-state index contributed by atoms with van der Waals surface area (Å²) in [6.07, 6.45) is 12.0. The van der Waals surface area contributed by atoms with Gasteiger partial charge in [0.25, 0.3) is 0 Å². The Morgan fingerprint density at radius 1 is 0.824 bits per heavy atom. The van der Waals surface area contributed by atoms with Crippen LogP contribution in [0.25, 0.3) is 0 Å². The zero-order chi connectivity index (χ0) is 11.8. The normalized spacial score (nSPS) is 18.5. The van der Waals surface area contributed by atoms with Crippen molar-refractivity contribution >= 4 is 24.0 Å². The van der Waals surface area contributed by atoms with Crippen molar-refractivity contribution in [2.75, 3.05) is 27.2 Å². The van der Waals surface area contributed by atoms with Crippen LogP contribution in [0, 0.1) is 0 Å². The minimum Gasteiger partial charge on any atom is -0.290 e. The van der Waals surface area contributed by atoms with Crippen LogP contribution in [-0.2, 0) is 0 Å². The summed E-state index contributed by atoms with van der Waals surface area (Å²) in [6.45, 7) is 4.78. The molecule has 0 aromatic rings. The van der Waals surface area contributed by atoms with Crippen LogP contribution in [0.3, 0.4) is 0 Å². The Hall–Kier alpha value is 0.650. The lowest BCUT2D eigenvalue weighted by Crippen LogP contribution is -2.34. The van der Waals surface area contributed by atoms with E-state index in [-0.39, 0.29) is 24.0 Å². The van der Waals surface area contributed by atoms with Crippen LogP contribution in [-0.4, -0.2) is 43.2 Å². The highest BCUT2D eigenvalue weighted by Gasteiger charge is 2.24. The molecule has 0 N–H and O–H groups in total. The summed E-state index contributed by atoms with van der Waals surface area (Å²) >= 11 is 0. The highest BCUT2D eigenvalue weighted by molar-refractivity contribution is 14.0. The van der Waals surface area contributed by atoms with Gasteiger partial charge in [-0.2, -0.15) is 0 Å². The molecular formula is C14H31IN2. The van der Waals surface area contributed by atoms with Gasteiger partial charge in [0.1, 0.15) is 0 Å². The fraction of sp³-hybridized carbons (Fsp3) is 1.00. The molecule has 0 saturated carbocycles.